The molecule has 2 aromatic carbocycles. The van der Waals surface area contributed by atoms with Crippen LogP contribution in [0.1, 0.15) is 10.4 Å². The molecular formula is C14H9Cl2N3O3S. The average Bonchev–Trinajstić information content (AvgIpc) is 2.49. The zero-order valence-electron chi connectivity index (χ0n) is 11.4. The van der Waals surface area contributed by atoms with Crippen molar-refractivity contribution in [2.45, 2.75) is 0 Å². The Kier molecular flexibility index (Phi) is 5.49. The molecule has 118 valence electrons. The van der Waals surface area contributed by atoms with Gasteiger partial charge in [0.05, 0.1) is 15.6 Å². The molecule has 0 fully saturated rings. The number of nitro groups is 1. The van der Waals surface area contributed by atoms with Crippen molar-refractivity contribution >= 4 is 57.8 Å². The van der Waals surface area contributed by atoms with Gasteiger partial charge in [-0.3, -0.25) is 20.2 Å². The summed E-state index contributed by atoms with van der Waals surface area (Å²) in [5.41, 5.74) is 0.393. The molecule has 6 nitrogen and oxygen atoms in total. The molecule has 9 heteroatoms. The van der Waals surface area contributed by atoms with Gasteiger partial charge in [0.2, 0.25) is 0 Å². The number of benzene rings is 2. The smallest absolute Gasteiger partial charge is 0.271 e. The number of hydrogen-bond acceptors (Lipinski definition) is 4. The molecule has 23 heavy (non-hydrogen) atoms. The molecule has 0 aromatic heterocycles. The second kappa shape index (κ2) is 7.36. The summed E-state index contributed by atoms with van der Waals surface area (Å²) in [6.07, 6.45) is 0. The lowest BCUT2D eigenvalue weighted by atomic mass is 10.2. The van der Waals surface area contributed by atoms with Crippen molar-refractivity contribution in [1.82, 2.24) is 5.32 Å². The second-order valence-corrected chi connectivity index (χ2v) is 5.59. The van der Waals surface area contributed by atoms with Crippen molar-refractivity contribution in [3.63, 3.8) is 0 Å². The molecule has 0 aliphatic carbocycles. The maximum atomic E-state index is 12.0. The number of nitro benzene ring substituents is 1. The van der Waals surface area contributed by atoms with Crippen LogP contribution in [0.2, 0.25) is 10.0 Å². The predicted molar refractivity (Wildman–Crippen MR) is 93.2 cm³/mol. The van der Waals surface area contributed by atoms with Gasteiger partial charge in [0.1, 0.15) is 0 Å². The minimum atomic E-state index is -0.560. The van der Waals surface area contributed by atoms with Crippen molar-refractivity contribution < 1.29 is 9.72 Å². The standard InChI is InChI=1S/C14H9Cl2N3O3S/c15-9-3-1-2-8(6-9)13(20)18-14(23)17-12-7-10(19(21)22)4-5-11(12)16/h1-7H,(H2,17,18,20,23). The number of carbonyl (C=O) groups is 1. The normalized spacial score (nSPS) is 10.0. The summed E-state index contributed by atoms with van der Waals surface area (Å²) in [6.45, 7) is 0. The Balaban J connectivity index is 2.09. The maximum absolute atomic E-state index is 12.0. The molecule has 0 aliphatic rings. The quantitative estimate of drug-likeness (QED) is 0.484. The van der Waals surface area contributed by atoms with E-state index in [1.807, 2.05) is 0 Å². The molecule has 0 heterocycles. The number of hydrogen-bond donors (Lipinski definition) is 2. The zero-order chi connectivity index (χ0) is 17.0. The van der Waals surface area contributed by atoms with Crippen LogP contribution in [0, 0.1) is 10.1 Å². The van der Waals surface area contributed by atoms with Gasteiger partial charge in [-0.05, 0) is 36.5 Å². The van der Waals surface area contributed by atoms with E-state index >= 15 is 0 Å². The van der Waals surface area contributed by atoms with Crippen LogP contribution in [0.25, 0.3) is 0 Å². The Morgan fingerprint density at radius 3 is 2.57 bits per heavy atom. The number of halogens is 2. The van der Waals surface area contributed by atoms with Crippen molar-refractivity contribution in [2.24, 2.45) is 0 Å². The lowest BCUT2D eigenvalue weighted by Gasteiger charge is -2.11. The lowest BCUT2D eigenvalue weighted by molar-refractivity contribution is -0.384. The summed E-state index contributed by atoms with van der Waals surface area (Å²) in [5.74, 6) is -0.466. The molecule has 1 amide bonds. The number of non-ortho nitro benzene ring substituents is 1. The highest BCUT2D eigenvalue weighted by atomic mass is 35.5. The van der Waals surface area contributed by atoms with E-state index in [0.717, 1.165) is 0 Å². The number of rotatable bonds is 3. The van der Waals surface area contributed by atoms with Gasteiger partial charge in [0.15, 0.2) is 5.11 Å². The number of carbonyl (C=O) groups excluding carboxylic acids is 1. The Bertz CT molecular complexity index is 799. The van der Waals surface area contributed by atoms with Gasteiger partial charge in [0.25, 0.3) is 11.6 Å². The third-order valence-electron chi connectivity index (χ3n) is 2.72. The van der Waals surface area contributed by atoms with Gasteiger partial charge in [-0.25, -0.2) is 0 Å². The molecule has 0 saturated carbocycles. The Morgan fingerprint density at radius 1 is 1.17 bits per heavy atom. The molecule has 0 atom stereocenters. The van der Waals surface area contributed by atoms with Gasteiger partial charge in [-0.2, -0.15) is 0 Å². The van der Waals surface area contributed by atoms with Crippen molar-refractivity contribution in [1.29, 1.82) is 0 Å². The van der Waals surface area contributed by atoms with E-state index in [1.54, 1.807) is 18.2 Å². The first-order chi connectivity index (χ1) is 10.9. The van der Waals surface area contributed by atoms with Gasteiger partial charge < -0.3 is 5.32 Å². The van der Waals surface area contributed by atoms with Crippen molar-refractivity contribution in [3.8, 4) is 0 Å². The van der Waals surface area contributed by atoms with Crippen LogP contribution < -0.4 is 10.6 Å². The molecular weight excluding hydrogens is 361 g/mol. The van der Waals surface area contributed by atoms with E-state index in [9.17, 15) is 14.9 Å². The highest BCUT2D eigenvalue weighted by molar-refractivity contribution is 7.80. The highest BCUT2D eigenvalue weighted by Gasteiger charge is 2.13. The summed E-state index contributed by atoms with van der Waals surface area (Å²) in [4.78, 5) is 22.2. The van der Waals surface area contributed by atoms with Crippen molar-refractivity contribution in [2.75, 3.05) is 5.32 Å². The SMILES string of the molecule is O=C(NC(=S)Nc1cc([N+](=O)[O-])ccc1Cl)c1cccc(Cl)c1. The third kappa shape index (κ3) is 4.62. The molecule has 0 unspecified atom stereocenters. The van der Waals surface area contributed by atoms with Crippen LogP contribution in [-0.4, -0.2) is 15.9 Å². The second-order valence-electron chi connectivity index (χ2n) is 4.34. The van der Waals surface area contributed by atoms with Crippen LogP contribution >= 0.6 is 35.4 Å². The Labute approximate surface area is 146 Å². The van der Waals surface area contributed by atoms with Crippen LogP contribution in [0.15, 0.2) is 42.5 Å². The number of nitrogens with zero attached hydrogens (tertiary/aromatic N) is 1. The first-order valence-electron chi connectivity index (χ1n) is 6.18. The molecule has 0 bridgehead atoms. The van der Waals surface area contributed by atoms with Gasteiger partial charge >= 0.3 is 0 Å². The summed E-state index contributed by atoms with van der Waals surface area (Å²) in [6, 6.07) is 10.2. The van der Waals surface area contributed by atoms with Gasteiger partial charge in [-0.1, -0.05) is 29.3 Å². The first-order valence-corrected chi connectivity index (χ1v) is 7.35. The van der Waals surface area contributed by atoms with E-state index in [0.29, 0.717) is 10.6 Å². The van der Waals surface area contributed by atoms with Gasteiger partial charge in [-0.15, -0.1) is 0 Å². The number of thiocarbonyl (C=S) groups is 1. The molecule has 2 N–H and O–H groups in total. The van der Waals surface area contributed by atoms with E-state index in [2.05, 4.69) is 10.6 Å². The number of anilines is 1. The third-order valence-corrected chi connectivity index (χ3v) is 3.49. The summed E-state index contributed by atoms with van der Waals surface area (Å²) in [5, 5.41) is 16.5. The van der Waals surface area contributed by atoms with Crippen molar-refractivity contribution in [3.05, 3.63) is 68.2 Å². The zero-order valence-corrected chi connectivity index (χ0v) is 13.7. The van der Waals surface area contributed by atoms with Crippen LogP contribution in [-0.2, 0) is 0 Å². The van der Waals surface area contributed by atoms with Crippen LogP contribution in [0.4, 0.5) is 11.4 Å². The number of nitrogens with one attached hydrogen (secondary N) is 2. The average molecular weight is 370 g/mol. The van der Waals surface area contributed by atoms with E-state index in [1.165, 1.54) is 24.3 Å². The first kappa shape index (κ1) is 17.1. The Hall–Kier alpha value is -2.22. The largest absolute Gasteiger partial charge is 0.331 e. The molecule has 0 radical (unpaired) electrons. The number of amides is 1. The summed E-state index contributed by atoms with van der Waals surface area (Å²) in [7, 11) is 0. The summed E-state index contributed by atoms with van der Waals surface area (Å²) < 4.78 is 0. The predicted octanol–water partition coefficient (Wildman–Crippen LogP) is 4.03. The van der Waals surface area contributed by atoms with E-state index in [-0.39, 0.29) is 21.5 Å². The lowest BCUT2D eigenvalue weighted by Crippen LogP contribution is -2.34. The van der Waals surface area contributed by atoms with Crippen LogP contribution in [0.3, 0.4) is 0 Å². The topological polar surface area (TPSA) is 84.3 Å². The molecule has 0 aliphatic heterocycles. The molecule has 2 aromatic rings. The molecule has 2 rings (SSSR count). The monoisotopic (exact) mass is 369 g/mol. The fourth-order valence-electron chi connectivity index (χ4n) is 1.68. The molecule has 0 spiro atoms. The van der Waals surface area contributed by atoms with Gasteiger partial charge in [0, 0.05) is 22.7 Å². The van der Waals surface area contributed by atoms with Crippen LogP contribution in [0.5, 0.6) is 0 Å². The van der Waals surface area contributed by atoms with E-state index < -0.39 is 10.8 Å². The van der Waals surface area contributed by atoms with E-state index in [4.69, 9.17) is 35.4 Å². The fraction of sp³-hybridized carbons (Fsp3) is 0. The highest BCUT2D eigenvalue weighted by Crippen LogP contribution is 2.26. The minimum absolute atomic E-state index is 0.0441. The fourth-order valence-corrected chi connectivity index (χ4v) is 2.24. The maximum Gasteiger partial charge on any atom is 0.271 e. The summed E-state index contributed by atoms with van der Waals surface area (Å²) >= 11 is 16.8. The molecule has 0 saturated heterocycles. The minimum Gasteiger partial charge on any atom is -0.331 e. The Morgan fingerprint density at radius 2 is 1.91 bits per heavy atom.